The molecule has 1 aliphatic rings. The highest BCUT2D eigenvalue weighted by Gasteiger charge is 2.24. The van der Waals surface area contributed by atoms with Crippen LogP contribution in [0.2, 0.25) is 0 Å². The predicted molar refractivity (Wildman–Crippen MR) is 111 cm³/mol. The summed E-state index contributed by atoms with van der Waals surface area (Å²) >= 11 is 0. The number of rotatable bonds is 5. The van der Waals surface area contributed by atoms with Crippen molar-refractivity contribution in [1.82, 2.24) is 4.90 Å². The molecule has 6 heteroatoms. The molecule has 0 spiro atoms. The second-order valence-corrected chi connectivity index (χ2v) is 8.14. The standard InChI is InChI=1S/C22H32N2O4/c1-6-15(14-20(25)27-5)17-7-8-18(19(23)13-17)16-9-11-24(12-10-16)21(26)28-22(2,3)4/h7-9,13,15H,6,10-12,14,23H2,1-5H3. The zero-order chi connectivity index (χ0) is 20.9. The average molecular weight is 389 g/mol. The molecule has 0 saturated carbocycles. The highest BCUT2D eigenvalue weighted by molar-refractivity contribution is 5.78. The van der Waals surface area contributed by atoms with Gasteiger partial charge in [-0.1, -0.05) is 25.1 Å². The fourth-order valence-corrected chi connectivity index (χ4v) is 3.32. The number of nitrogen functional groups attached to an aromatic ring is 1. The van der Waals surface area contributed by atoms with Crippen molar-refractivity contribution in [3.8, 4) is 0 Å². The van der Waals surface area contributed by atoms with Gasteiger partial charge < -0.3 is 20.1 Å². The summed E-state index contributed by atoms with van der Waals surface area (Å²) in [5.41, 5.74) is 9.68. The molecule has 0 aromatic heterocycles. The van der Waals surface area contributed by atoms with E-state index in [0.717, 1.165) is 29.5 Å². The van der Waals surface area contributed by atoms with E-state index in [2.05, 4.69) is 0 Å². The van der Waals surface area contributed by atoms with Gasteiger partial charge in [0.15, 0.2) is 0 Å². The number of carbonyl (C=O) groups is 2. The van der Waals surface area contributed by atoms with Crippen molar-refractivity contribution in [3.63, 3.8) is 0 Å². The van der Waals surface area contributed by atoms with Crippen molar-refractivity contribution in [2.24, 2.45) is 0 Å². The van der Waals surface area contributed by atoms with Crippen LogP contribution in [-0.2, 0) is 14.3 Å². The summed E-state index contributed by atoms with van der Waals surface area (Å²) in [6.07, 6.45) is 3.65. The number of carbonyl (C=O) groups excluding carboxylic acids is 2. The van der Waals surface area contributed by atoms with Gasteiger partial charge in [0.25, 0.3) is 0 Å². The molecular weight excluding hydrogens is 356 g/mol. The van der Waals surface area contributed by atoms with Gasteiger partial charge in [0.05, 0.1) is 13.5 Å². The first-order valence-corrected chi connectivity index (χ1v) is 9.78. The zero-order valence-corrected chi connectivity index (χ0v) is 17.6. The van der Waals surface area contributed by atoms with Gasteiger partial charge in [-0.15, -0.1) is 0 Å². The summed E-state index contributed by atoms with van der Waals surface area (Å²) < 4.78 is 10.2. The van der Waals surface area contributed by atoms with Gasteiger partial charge in [-0.25, -0.2) is 4.79 Å². The number of ether oxygens (including phenoxy) is 2. The second kappa shape index (κ2) is 9.13. The summed E-state index contributed by atoms with van der Waals surface area (Å²) in [6, 6.07) is 6.00. The molecule has 0 bridgehead atoms. The Hall–Kier alpha value is -2.50. The SMILES string of the molecule is CCC(CC(=O)OC)c1ccc(C2=CCN(C(=O)OC(C)(C)C)CC2)c(N)c1. The minimum atomic E-state index is -0.499. The molecule has 1 atom stereocenters. The van der Waals surface area contributed by atoms with Crippen LogP contribution in [0.15, 0.2) is 24.3 Å². The Morgan fingerprint density at radius 3 is 2.50 bits per heavy atom. The van der Waals surface area contributed by atoms with E-state index in [1.54, 1.807) is 4.90 Å². The third kappa shape index (κ3) is 5.75. The maximum Gasteiger partial charge on any atom is 0.410 e. The molecule has 0 radical (unpaired) electrons. The molecular formula is C22H32N2O4. The van der Waals surface area contributed by atoms with Crippen LogP contribution >= 0.6 is 0 Å². The molecule has 1 heterocycles. The molecule has 2 rings (SSSR count). The van der Waals surface area contributed by atoms with Crippen LogP contribution in [-0.4, -0.2) is 42.8 Å². The minimum Gasteiger partial charge on any atom is -0.469 e. The highest BCUT2D eigenvalue weighted by Crippen LogP contribution is 2.32. The highest BCUT2D eigenvalue weighted by atomic mass is 16.6. The van der Waals surface area contributed by atoms with Crippen LogP contribution in [0.1, 0.15) is 64.0 Å². The van der Waals surface area contributed by atoms with Crippen molar-refractivity contribution in [1.29, 1.82) is 0 Å². The Labute approximate surface area is 167 Å². The Morgan fingerprint density at radius 1 is 1.29 bits per heavy atom. The summed E-state index contributed by atoms with van der Waals surface area (Å²) in [7, 11) is 1.41. The number of benzene rings is 1. The topological polar surface area (TPSA) is 81.9 Å². The molecule has 1 aliphatic heterocycles. The number of hydrogen-bond donors (Lipinski definition) is 1. The van der Waals surface area contributed by atoms with E-state index in [-0.39, 0.29) is 18.0 Å². The van der Waals surface area contributed by atoms with Crippen LogP contribution in [0.25, 0.3) is 5.57 Å². The lowest BCUT2D eigenvalue weighted by atomic mass is 9.89. The Kier molecular flexibility index (Phi) is 7.11. The van der Waals surface area contributed by atoms with Gasteiger partial charge in [0.2, 0.25) is 0 Å². The lowest BCUT2D eigenvalue weighted by Gasteiger charge is -2.30. The van der Waals surface area contributed by atoms with Gasteiger partial charge in [0.1, 0.15) is 5.60 Å². The average Bonchev–Trinajstić information content (AvgIpc) is 2.64. The van der Waals surface area contributed by atoms with Crippen LogP contribution in [0.5, 0.6) is 0 Å². The van der Waals surface area contributed by atoms with Crippen molar-refractivity contribution in [2.45, 2.75) is 58.5 Å². The molecule has 0 aliphatic carbocycles. The van der Waals surface area contributed by atoms with Gasteiger partial charge >= 0.3 is 12.1 Å². The van der Waals surface area contributed by atoms with E-state index in [9.17, 15) is 9.59 Å². The molecule has 2 N–H and O–H groups in total. The van der Waals surface area contributed by atoms with Gasteiger partial charge in [-0.3, -0.25) is 4.79 Å². The quantitative estimate of drug-likeness (QED) is 0.599. The first kappa shape index (κ1) is 21.8. The van der Waals surface area contributed by atoms with Crippen molar-refractivity contribution < 1.29 is 19.1 Å². The predicted octanol–water partition coefficient (Wildman–Crippen LogP) is 4.35. The first-order valence-electron chi connectivity index (χ1n) is 9.78. The molecule has 1 amide bonds. The van der Waals surface area contributed by atoms with Gasteiger partial charge in [0, 0.05) is 24.3 Å². The summed E-state index contributed by atoms with van der Waals surface area (Å²) in [5.74, 6) is -0.126. The largest absolute Gasteiger partial charge is 0.469 e. The van der Waals surface area contributed by atoms with E-state index in [0.29, 0.717) is 25.2 Å². The Morgan fingerprint density at radius 2 is 2.00 bits per heavy atom. The third-order valence-corrected chi connectivity index (χ3v) is 4.89. The van der Waals surface area contributed by atoms with E-state index < -0.39 is 5.60 Å². The summed E-state index contributed by atoms with van der Waals surface area (Å²) in [5, 5.41) is 0. The fourth-order valence-electron chi connectivity index (χ4n) is 3.32. The van der Waals surface area contributed by atoms with Crippen LogP contribution in [0.3, 0.4) is 0 Å². The van der Waals surface area contributed by atoms with E-state index in [1.807, 2.05) is 52.0 Å². The number of anilines is 1. The molecule has 0 fully saturated rings. The van der Waals surface area contributed by atoms with Crippen LogP contribution in [0, 0.1) is 0 Å². The van der Waals surface area contributed by atoms with Crippen molar-refractivity contribution >= 4 is 23.3 Å². The van der Waals surface area contributed by atoms with E-state index in [1.165, 1.54) is 7.11 Å². The number of amides is 1. The molecule has 28 heavy (non-hydrogen) atoms. The lowest BCUT2D eigenvalue weighted by molar-refractivity contribution is -0.141. The zero-order valence-electron chi connectivity index (χ0n) is 17.6. The molecule has 154 valence electrons. The third-order valence-electron chi connectivity index (χ3n) is 4.89. The maximum atomic E-state index is 12.2. The summed E-state index contributed by atoms with van der Waals surface area (Å²) in [6.45, 7) is 8.74. The van der Waals surface area contributed by atoms with E-state index >= 15 is 0 Å². The number of nitrogens with zero attached hydrogens (tertiary/aromatic N) is 1. The van der Waals surface area contributed by atoms with Gasteiger partial charge in [-0.2, -0.15) is 0 Å². The van der Waals surface area contributed by atoms with Crippen LogP contribution < -0.4 is 5.73 Å². The Bertz CT molecular complexity index is 749. The first-order chi connectivity index (χ1) is 13.1. The molecule has 1 aromatic carbocycles. The lowest BCUT2D eigenvalue weighted by Crippen LogP contribution is -2.39. The number of nitrogens with two attached hydrogens (primary N) is 1. The normalized spacial score (nSPS) is 15.6. The smallest absolute Gasteiger partial charge is 0.410 e. The minimum absolute atomic E-state index is 0.0896. The number of hydrogen-bond acceptors (Lipinski definition) is 5. The molecule has 0 saturated heterocycles. The van der Waals surface area contributed by atoms with Crippen LogP contribution in [0.4, 0.5) is 10.5 Å². The maximum absolute atomic E-state index is 12.2. The summed E-state index contributed by atoms with van der Waals surface area (Å²) in [4.78, 5) is 25.5. The number of esters is 1. The van der Waals surface area contributed by atoms with Crippen molar-refractivity contribution in [2.75, 3.05) is 25.9 Å². The monoisotopic (exact) mass is 388 g/mol. The second-order valence-electron chi connectivity index (χ2n) is 8.14. The molecule has 1 unspecified atom stereocenters. The molecule has 1 aromatic rings. The fraction of sp³-hybridized carbons (Fsp3) is 0.545. The number of methoxy groups -OCH3 is 1. The van der Waals surface area contributed by atoms with Gasteiger partial charge in [-0.05, 0) is 56.7 Å². The van der Waals surface area contributed by atoms with E-state index in [4.69, 9.17) is 15.2 Å². The molecule has 6 nitrogen and oxygen atoms in total. The Balaban J connectivity index is 2.10. The van der Waals surface area contributed by atoms with Crippen molar-refractivity contribution in [3.05, 3.63) is 35.4 Å².